The van der Waals surface area contributed by atoms with Crippen molar-refractivity contribution in [2.45, 2.75) is 13.3 Å². The number of carbonyl (C=O) groups is 1. The van der Waals surface area contributed by atoms with Gasteiger partial charge < -0.3 is 15.5 Å². The van der Waals surface area contributed by atoms with E-state index >= 15 is 0 Å². The summed E-state index contributed by atoms with van der Waals surface area (Å²) in [6.07, 6.45) is 0.0721. The van der Waals surface area contributed by atoms with E-state index in [0.29, 0.717) is 17.1 Å². The lowest BCUT2D eigenvalue weighted by atomic mass is 10.2. The van der Waals surface area contributed by atoms with Crippen molar-refractivity contribution in [3.8, 4) is 11.5 Å². The molecule has 0 aromatic heterocycles. The fraction of sp³-hybridized carbons (Fsp3) is 0.125. The molecule has 1 amide bonds. The number of hydrogen-bond acceptors (Lipinski definition) is 4. The molecule has 5 nitrogen and oxygen atoms in total. The Morgan fingerprint density at radius 3 is 2.33 bits per heavy atom. The highest BCUT2D eigenvalue weighted by Crippen LogP contribution is 2.25. The average Bonchev–Trinajstić information content (AvgIpc) is 2.44. The van der Waals surface area contributed by atoms with Crippen LogP contribution in [0.4, 0.5) is 11.4 Å². The lowest BCUT2D eigenvalue weighted by molar-refractivity contribution is -0.115. The molecule has 0 heterocycles. The van der Waals surface area contributed by atoms with Crippen LogP contribution in [-0.4, -0.2) is 21.8 Å². The minimum absolute atomic E-state index is 0.0149. The van der Waals surface area contributed by atoms with Gasteiger partial charge in [-0.2, -0.15) is 0 Å². The number of benzene rings is 2. The van der Waals surface area contributed by atoms with Gasteiger partial charge in [0.2, 0.25) is 5.91 Å². The number of hydrogen-bond donors (Lipinski definition) is 3. The van der Waals surface area contributed by atoms with Gasteiger partial charge in [0.15, 0.2) is 0 Å². The van der Waals surface area contributed by atoms with E-state index in [-0.39, 0.29) is 23.8 Å². The van der Waals surface area contributed by atoms with Crippen LogP contribution < -0.4 is 5.32 Å². The van der Waals surface area contributed by atoms with E-state index in [9.17, 15) is 15.0 Å². The summed E-state index contributed by atoms with van der Waals surface area (Å²) >= 11 is 0. The zero-order chi connectivity index (χ0) is 15.2. The van der Waals surface area contributed by atoms with Crippen LogP contribution in [0.3, 0.4) is 0 Å². The third kappa shape index (κ3) is 4.07. The van der Waals surface area contributed by atoms with Crippen molar-refractivity contribution in [2.24, 2.45) is 4.99 Å². The second-order valence-corrected chi connectivity index (χ2v) is 4.58. The summed E-state index contributed by atoms with van der Waals surface area (Å²) in [6.45, 7) is 1.71. The number of nitrogens with one attached hydrogen (secondary N) is 1. The van der Waals surface area contributed by atoms with Gasteiger partial charge in [-0.15, -0.1) is 0 Å². The highest BCUT2D eigenvalue weighted by molar-refractivity contribution is 6.06. The van der Waals surface area contributed by atoms with Gasteiger partial charge in [0.1, 0.15) is 17.2 Å². The maximum absolute atomic E-state index is 11.9. The molecule has 0 unspecified atom stereocenters. The normalized spacial score (nSPS) is 11.2. The number of rotatable bonds is 4. The molecule has 0 aliphatic carbocycles. The number of phenols is 2. The van der Waals surface area contributed by atoms with Crippen LogP contribution in [0.5, 0.6) is 11.5 Å². The number of amides is 1. The van der Waals surface area contributed by atoms with Crippen molar-refractivity contribution < 1.29 is 15.0 Å². The molecule has 21 heavy (non-hydrogen) atoms. The Balaban J connectivity index is 2.03. The first-order valence-corrected chi connectivity index (χ1v) is 6.46. The van der Waals surface area contributed by atoms with Crippen molar-refractivity contribution in [2.75, 3.05) is 5.32 Å². The van der Waals surface area contributed by atoms with Crippen LogP contribution >= 0.6 is 0 Å². The molecule has 0 saturated heterocycles. The van der Waals surface area contributed by atoms with Gasteiger partial charge in [0, 0.05) is 5.71 Å². The molecule has 0 fully saturated rings. The summed E-state index contributed by atoms with van der Waals surface area (Å²) in [5, 5.41) is 21.8. The number of aliphatic imine (C=N–C) groups is 1. The summed E-state index contributed by atoms with van der Waals surface area (Å²) in [7, 11) is 0. The fourth-order valence-electron chi connectivity index (χ4n) is 1.81. The van der Waals surface area contributed by atoms with Crippen molar-refractivity contribution in [1.29, 1.82) is 0 Å². The van der Waals surface area contributed by atoms with Gasteiger partial charge in [-0.05, 0) is 31.2 Å². The molecular formula is C16H16N2O3. The van der Waals surface area contributed by atoms with Crippen LogP contribution in [0.2, 0.25) is 0 Å². The maximum atomic E-state index is 11.9. The smallest absolute Gasteiger partial charge is 0.230 e. The zero-order valence-electron chi connectivity index (χ0n) is 11.6. The topological polar surface area (TPSA) is 81.9 Å². The van der Waals surface area contributed by atoms with Gasteiger partial charge in [0.05, 0.1) is 12.1 Å². The van der Waals surface area contributed by atoms with Crippen molar-refractivity contribution in [3.63, 3.8) is 0 Å². The van der Waals surface area contributed by atoms with Crippen molar-refractivity contribution in [3.05, 3.63) is 48.5 Å². The van der Waals surface area contributed by atoms with Gasteiger partial charge in [-0.25, -0.2) is 0 Å². The van der Waals surface area contributed by atoms with E-state index in [4.69, 9.17) is 0 Å². The second kappa shape index (κ2) is 6.56. The third-order valence-corrected chi connectivity index (χ3v) is 2.79. The minimum atomic E-state index is -0.284. The van der Waals surface area contributed by atoms with E-state index in [1.807, 2.05) is 0 Å². The van der Waals surface area contributed by atoms with Gasteiger partial charge in [-0.1, -0.05) is 24.3 Å². The molecule has 108 valence electrons. The van der Waals surface area contributed by atoms with E-state index in [1.165, 1.54) is 12.1 Å². The summed E-state index contributed by atoms with van der Waals surface area (Å²) in [5.41, 5.74) is 1.34. The highest BCUT2D eigenvalue weighted by Gasteiger charge is 2.08. The van der Waals surface area contributed by atoms with Gasteiger partial charge in [-0.3, -0.25) is 9.79 Å². The largest absolute Gasteiger partial charge is 0.506 e. The zero-order valence-corrected chi connectivity index (χ0v) is 11.6. The second-order valence-electron chi connectivity index (χ2n) is 4.58. The molecule has 0 bridgehead atoms. The quantitative estimate of drug-likeness (QED) is 0.595. The highest BCUT2D eigenvalue weighted by atomic mass is 16.3. The van der Waals surface area contributed by atoms with E-state index in [2.05, 4.69) is 10.3 Å². The summed E-state index contributed by atoms with van der Waals surface area (Å²) in [5.74, 6) is -0.202. The lowest BCUT2D eigenvalue weighted by Gasteiger charge is -2.07. The van der Waals surface area contributed by atoms with E-state index in [1.54, 1.807) is 43.3 Å². The Labute approximate surface area is 122 Å². The third-order valence-electron chi connectivity index (χ3n) is 2.79. The number of anilines is 1. The standard InChI is InChI=1S/C16H16N2O3/c1-11(17-12-6-2-4-8-14(12)19)10-16(21)18-13-7-3-5-9-15(13)20/h2-9,19-20H,10H2,1H3,(H,18,21). The first kappa shape index (κ1) is 14.6. The summed E-state index contributed by atoms with van der Waals surface area (Å²) < 4.78 is 0. The first-order valence-electron chi connectivity index (χ1n) is 6.46. The van der Waals surface area contributed by atoms with Crippen LogP contribution in [0.25, 0.3) is 0 Å². The number of aromatic hydroxyl groups is 2. The lowest BCUT2D eigenvalue weighted by Crippen LogP contribution is -2.14. The number of phenolic OH excluding ortho intramolecular Hbond substituents is 2. The molecule has 0 atom stereocenters. The SMILES string of the molecule is CC(CC(=O)Nc1ccccc1O)=Nc1ccccc1O. The predicted octanol–water partition coefficient (Wildman–Crippen LogP) is 3.22. The van der Waals surface area contributed by atoms with Gasteiger partial charge >= 0.3 is 0 Å². The Bertz CT molecular complexity index is 681. The fourth-order valence-corrected chi connectivity index (χ4v) is 1.81. The molecule has 3 N–H and O–H groups in total. The molecular weight excluding hydrogens is 268 g/mol. The number of nitrogens with zero attached hydrogens (tertiary/aromatic N) is 1. The van der Waals surface area contributed by atoms with Crippen LogP contribution in [-0.2, 0) is 4.79 Å². The van der Waals surface area contributed by atoms with Crippen molar-refractivity contribution >= 4 is 23.0 Å². The van der Waals surface area contributed by atoms with Crippen molar-refractivity contribution in [1.82, 2.24) is 0 Å². The van der Waals surface area contributed by atoms with E-state index < -0.39 is 0 Å². The Kier molecular flexibility index (Phi) is 4.56. The predicted molar refractivity (Wildman–Crippen MR) is 82.2 cm³/mol. The molecule has 0 aliphatic rings. The summed E-state index contributed by atoms with van der Waals surface area (Å²) in [4.78, 5) is 16.1. The first-order chi connectivity index (χ1) is 10.1. The minimum Gasteiger partial charge on any atom is -0.506 e. The van der Waals surface area contributed by atoms with Crippen LogP contribution in [0.15, 0.2) is 53.5 Å². The monoisotopic (exact) mass is 284 g/mol. The molecule has 2 aromatic carbocycles. The van der Waals surface area contributed by atoms with Crippen LogP contribution in [0, 0.1) is 0 Å². The molecule has 0 radical (unpaired) electrons. The summed E-state index contributed by atoms with van der Waals surface area (Å²) in [6, 6.07) is 13.2. The Hall–Kier alpha value is -2.82. The van der Waals surface area contributed by atoms with E-state index in [0.717, 1.165) is 0 Å². The molecule has 2 aromatic rings. The average molecular weight is 284 g/mol. The molecule has 0 saturated carbocycles. The number of carbonyl (C=O) groups excluding carboxylic acids is 1. The molecule has 5 heteroatoms. The van der Waals surface area contributed by atoms with Crippen LogP contribution in [0.1, 0.15) is 13.3 Å². The Morgan fingerprint density at radius 2 is 1.67 bits per heavy atom. The molecule has 2 rings (SSSR count). The maximum Gasteiger partial charge on any atom is 0.230 e. The molecule has 0 spiro atoms. The Morgan fingerprint density at radius 1 is 1.05 bits per heavy atom. The molecule has 0 aliphatic heterocycles. The van der Waals surface area contributed by atoms with Gasteiger partial charge in [0.25, 0.3) is 0 Å². The number of para-hydroxylation sites is 4.